The largest absolute Gasteiger partial charge is 0.485 e. The summed E-state index contributed by atoms with van der Waals surface area (Å²) in [5.41, 5.74) is 3.74. The fourth-order valence-corrected chi connectivity index (χ4v) is 5.02. The van der Waals surface area contributed by atoms with E-state index < -0.39 is 6.10 Å². The number of para-hydroxylation sites is 3. The van der Waals surface area contributed by atoms with Crippen molar-refractivity contribution in [1.29, 1.82) is 0 Å². The van der Waals surface area contributed by atoms with Gasteiger partial charge in [0, 0.05) is 37.4 Å². The van der Waals surface area contributed by atoms with Crippen LogP contribution in [0.2, 0.25) is 0 Å². The minimum atomic E-state index is -0.665. The molecule has 0 unspecified atom stereocenters. The van der Waals surface area contributed by atoms with Crippen LogP contribution in [0, 0.1) is 0 Å². The summed E-state index contributed by atoms with van der Waals surface area (Å²) in [7, 11) is 0. The van der Waals surface area contributed by atoms with Crippen LogP contribution in [0.25, 0.3) is 5.69 Å². The third-order valence-corrected chi connectivity index (χ3v) is 6.80. The molecular formula is C26H26N4O4. The Morgan fingerprint density at radius 3 is 2.35 bits per heavy atom. The van der Waals surface area contributed by atoms with E-state index in [0.717, 1.165) is 36.2 Å². The molecule has 0 N–H and O–H groups in total. The monoisotopic (exact) mass is 458 g/mol. The van der Waals surface area contributed by atoms with Crippen molar-refractivity contribution in [3.63, 3.8) is 0 Å². The van der Waals surface area contributed by atoms with Crippen molar-refractivity contribution in [3.8, 4) is 17.2 Å². The molecule has 0 spiro atoms. The Morgan fingerprint density at radius 1 is 0.853 bits per heavy atom. The van der Waals surface area contributed by atoms with Crippen LogP contribution in [0.1, 0.15) is 28.2 Å². The lowest BCUT2D eigenvalue weighted by Gasteiger charge is -2.37. The molecule has 1 atom stereocenters. The second kappa shape index (κ2) is 8.52. The van der Waals surface area contributed by atoms with Gasteiger partial charge in [-0.25, -0.2) is 4.68 Å². The zero-order valence-electron chi connectivity index (χ0n) is 18.9. The zero-order valence-corrected chi connectivity index (χ0v) is 18.9. The van der Waals surface area contributed by atoms with Gasteiger partial charge in [-0.1, -0.05) is 30.3 Å². The summed E-state index contributed by atoms with van der Waals surface area (Å²) < 4.78 is 13.5. The average Bonchev–Trinajstić information content (AvgIpc) is 3.51. The Balaban J connectivity index is 1.13. The van der Waals surface area contributed by atoms with Gasteiger partial charge in [0.05, 0.1) is 5.69 Å². The number of amides is 2. The van der Waals surface area contributed by atoms with Crippen molar-refractivity contribution >= 4 is 11.8 Å². The molecular weight excluding hydrogens is 432 g/mol. The highest BCUT2D eigenvalue weighted by Gasteiger charge is 2.35. The van der Waals surface area contributed by atoms with Gasteiger partial charge in [0.25, 0.3) is 11.8 Å². The molecule has 0 radical (unpaired) electrons. The van der Waals surface area contributed by atoms with Crippen molar-refractivity contribution in [2.75, 3.05) is 32.8 Å². The number of rotatable bonds is 3. The smallest absolute Gasteiger partial charge is 0.274 e. The van der Waals surface area contributed by atoms with Crippen LogP contribution in [0.3, 0.4) is 0 Å². The van der Waals surface area contributed by atoms with Crippen LogP contribution in [0.15, 0.2) is 54.6 Å². The molecule has 3 aliphatic rings. The van der Waals surface area contributed by atoms with Crippen LogP contribution in [-0.2, 0) is 17.6 Å². The first-order valence-electron chi connectivity index (χ1n) is 11.8. The number of carbonyl (C=O) groups excluding carboxylic acids is 2. The number of hydrogen-bond acceptors (Lipinski definition) is 5. The average molecular weight is 459 g/mol. The van der Waals surface area contributed by atoms with Gasteiger partial charge in [-0.05, 0) is 43.5 Å². The number of piperazine rings is 1. The summed E-state index contributed by atoms with van der Waals surface area (Å²) in [5.74, 6) is 1.09. The number of ether oxygens (including phenoxy) is 2. The second-order valence-electron chi connectivity index (χ2n) is 8.86. The van der Waals surface area contributed by atoms with Crippen molar-refractivity contribution in [1.82, 2.24) is 19.6 Å². The molecule has 6 rings (SSSR count). The molecule has 1 aliphatic carbocycles. The molecule has 34 heavy (non-hydrogen) atoms. The minimum Gasteiger partial charge on any atom is -0.485 e. The van der Waals surface area contributed by atoms with E-state index in [0.29, 0.717) is 43.4 Å². The molecule has 0 saturated carbocycles. The first-order valence-corrected chi connectivity index (χ1v) is 11.8. The van der Waals surface area contributed by atoms with E-state index >= 15 is 0 Å². The van der Waals surface area contributed by atoms with E-state index in [4.69, 9.17) is 14.6 Å². The van der Waals surface area contributed by atoms with Crippen molar-refractivity contribution in [3.05, 3.63) is 71.5 Å². The molecule has 3 heterocycles. The first kappa shape index (κ1) is 20.8. The Bertz CT molecular complexity index is 1230. The van der Waals surface area contributed by atoms with Crippen LogP contribution >= 0.6 is 0 Å². The molecule has 8 nitrogen and oxygen atoms in total. The Kier molecular flexibility index (Phi) is 5.20. The maximum atomic E-state index is 13.4. The third kappa shape index (κ3) is 3.59. The standard InChI is InChI=1S/C26H26N4O4/c31-25(23-17-33-21-11-4-5-12-22(21)34-23)28-13-15-29(16-14-28)26(32)24-19-9-6-10-20(19)30(27-24)18-7-2-1-3-8-18/h1-5,7-8,11-12,23H,6,9-10,13-17H2/t23-/m1/s1. The third-order valence-electron chi connectivity index (χ3n) is 6.80. The number of fused-ring (bicyclic) bond motifs is 2. The van der Waals surface area contributed by atoms with Crippen LogP contribution < -0.4 is 9.47 Å². The topological polar surface area (TPSA) is 76.9 Å². The molecule has 3 aromatic rings. The van der Waals surface area contributed by atoms with Crippen molar-refractivity contribution < 1.29 is 19.1 Å². The van der Waals surface area contributed by atoms with Gasteiger partial charge in [-0.15, -0.1) is 0 Å². The predicted molar refractivity (Wildman–Crippen MR) is 124 cm³/mol. The van der Waals surface area contributed by atoms with Gasteiger partial charge in [0.15, 0.2) is 17.2 Å². The van der Waals surface area contributed by atoms with Crippen LogP contribution in [0.4, 0.5) is 0 Å². The molecule has 2 amide bonds. The predicted octanol–water partition coefficient (Wildman–Crippen LogP) is 2.49. The zero-order chi connectivity index (χ0) is 23.1. The summed E-state index contributed by atoms with van der Waals surface area (Å²) >= 11 is 0. The molecule has 2 aromatic carbocycles. The molecule has 174 valence electrons. The van der Waals surface area contributed by atoms with Crippen molar-refractivity contribution in [2.45, 2.75) is 25.4 Å². The number of benzene rings is 2. The normalized spacial score (nSPS) is 19.1. The number of nitrogens with zero attached hydrogens (tertiary/aromatic N) is 4. The quantitative estimate of drug-likeness (QED) is 0.603. The second-order valence-corrected chi connectivity index (χ2v) is 8.86. The Hall–Kier alpha value is -3.81. The molecule has 2 aliphatic heterocycles. The molecule has 0 bridgehead atoms. The van der Waals surface area contributed by atoms with E-state index in [1.165, 1.54) is 0 Å². The number of carbonyl (C=O) groups is 2. The van der Waals surface area contributed by atoms with Gasteiger partial charge in [-0.3, -0.25) is 9.59 Å². The fourth-order valence-electron chi connectivity index (χ4n) is 5.02. The summed E-state index contributed by atoms with van der Waals surface area (Å²) in [6.07, 6.45) is 2.18. The highest BCUT2D eigenvalue weighted by Crippen LogP contribution is 2.32. The van der Waals surface area contributed by atoms with E-state index in [2.05, 4.69) is 0 Å². The SMILES string of the molecule is O=C(c1nn(-c2ccccc2)c2c1CCC2)N1CCN(C(=O)[C@H]2COc3ccccc3O2)CC1. The summed E-state index contributed by atoms with van der Waals surface area (Å²) in [6.45, 7) is 2.07. The van der Waals surface area contributed by atoms with E-state index in [9.17, 15) is 9.59 Å². The maximum absolute atomic E-state index is 13.4. The lowest BCUT2D eigenvalue weighted by Crippen LogP contribution is -2.55. The van der Waals surface area contributed by atoms with E-state index in [1.807, 2.05) is 58.1 Å². The summed E-state index contributed by atoms with van der Waals surface area (Å²) in [5, 5.41) is 4.73. The Labute approximate surface area is 197 Å². The first-order chi connectivity index (χ1) is 16.7. The highest BCUT2D eigenvalue weighted by atomic mass is 16.6. The van der Waals surface area contributed by atoms with Crippen LogP contribution in [0.5, 0.6) is 11.5 Å². The summed E-state index contributed by atoms with van der Waals surface area (Å²) in [6, 6.07) is 17.3. The van der Waals surface area contributed by atoms with Gasteiger partial charge in [-0.2, -0.15) is 5.10 Å². The van der Waals surface area contributed by atoms with E-state index in [1.54, 1.807) is 11.0 Å². The summed E-state index contributed by atoms with van der Waals surface area (Å²) in [4.78, 5) is 30.0. The molecule has 1 fully saturated rings. The van der Waals surface area contributed by atoms with Crippen molar-refractivity contribution in [2.24, 2.45) is 0 Å². The van der Waals surface area contributed by atoms with E-state index in [-0.39, 0.29) is 18.4 Å². The van der Waals surface area contributed by atoms with Crippen LogP contribution in [-0.4, -0.2) is 70.3 Å². The Morgan fingerprint density at radius 2 is 1.56 bits per heavy atom. The molecule has 1 saturated heterocycles. The van der Waals surface area contributed by atoms with Gasteiger partial charge >= 0.3 is 0 Å². The fraction of sp³-hybridized carbons (Fsp3) is 0.346. The molecule has 8 heteroatoms. The minimum absolute atomic E-state index is 0.0499. The van der Waals surface area contributed by atoms with Gasteiger partial charge in [0.1, 0.15) is 6.61 Å². The lowest BCUT2D eigenvalue weighted by molar-refractivity contribution is -0.142. The van der Waals surface area contributed by atoms with Gasteiger partial charge in [0.2, 0.25) is 6.10 Å². The number of aromatic nitrogens is 2. The van der Waals surface area contributed by atoms with Gasteiger partial charge < -0.3 is 19.3 Å². The maximum Gasteiger partial charge on any atom is 0.274 e. The highest BCUT2D eigenvalue weighted by molar-refractivity contribution is 5.94. The molecule has 1 aromatic heterocycles. The lowest BCUT2D eigenvalue weighted by atomic mass is 10.1. The number of hydrogen-bond donors (Lipinski definition) is 0.